The number of para-hydroxylation sites is 1. The van der Waals surface area contributed by atoms with Crippen molar-refractivity contribution >= 4 is 74.2 Å². The molecule has 1 aromatic heterocycles. The van der Waals surface area contributed by atoms with Gasteiger partial charge in [-0.15, -0.1) is 0 Å². The van der Waals surface area contributed by atoms with E-state index in [1.807, 2.05) is 60.7 Å². The molecular weight excluding hydrogens is 686 g/mol. The number of anilines is 1. The Bertz CT molecular complexity index is 1420. The number of phenols is 1. The van der Waals surface area contributed by atoms with Gasteiger partial charge in [-0.2, -0.15) is 0 Å². The van der Waals surface area contributed by atoms with Crippen LogP contribution in [0.1, 0.15) is 17.3 Å². The van der Waals surface area contributed by atoms with Gasteiger partial charge in [-0.25, -0.2) is 0 Å². The number of halogens is 3. The monoisotopic (exact) mass is 701 g/mol. The number of fused-ring (bicyclic) bond motifs is 3. The summed E-state index contributed by atoms with van der Waals surface area (Å²) in [7, 11) is 0. The molecule has 3 N–H and O–H groups in total. The molecule has 0 spiro atoms. The Morgan fingerprint density at radius 1 is 1.09 bits per heavy atom. The third-order valence-electron chi connectivity index (χ3n) is 5.26. The number of rotatable bonds is 4. The molecular formula is C23H16ClI2N4O2S+. The van der Waals surface area contributed by atoms with E-state index in [0.29, 0.717) is 21.6 Å². The van der Waals surface area contributed by atoms with Gasteiger partial charge in [0, 0.05) is 21.4 Å². The van der Waals surface area contributed by atoms with Crippen molar-refractivity contribution in [2.75, 3.05) is 5.32 Å². The fourth-order valence-corrected chi connectivity index (χ4v) is 6.64. The van der Waals surface area contributed by atoms with Crippen molar-refractivity contribution in [3.8, 4) is 17.0 Å². The van der Waals surface area contributed by atoms with Gasteiger partial charge in [0.15, 0.2) is 0 Å². The Labute approximate surface area is 226 Å². The molecule has 0 bridgehead atoms. The van der Waals surface area contributed by atoms with E-state index in [2.05, 4.69) is 55.5 Å². The molecule has 0 aliphatic carbocycles. The second-order valence-corrected chi connectivity index (χ2v) is 11.1. The fraction of sp³-hybridized carbons (Fsp3) is 0.0870. The van der Waals surface area contributed by atoms with Gasteiger partial charge in [0.1, 0.15) is 5.75 Å². The topological polar surface area (TPSA) is 81.9 Å². The first-order valence-electron chi connectivity index (χ1n) is 9.88. The molecule has 6 nitrogen and oxygen atoms in total. The van der Waals surface area contributed by atoms with E-state index in [4.69, 9.17) is 16.7 Å². The van der Waals surface area contributed by atoms with Crippen LogP contribution in [0.25, 0.3) is 11.3 Å². The Morgan fingerprint density at radius 2 is 1.79 bits per heavy atom. The predicted octanol–water partition coefficient (Wildman–Crippen LogP) is 5.56. The molecule has 0 radical (unpaired) electrons. The van der Waals surface area contributed by atoms with Crippen molar-refractivity contribution in [3.63, 3.8) is 0 Å². The summed E-state index contributed by atoms with van der Waals surface area (Å²) < 4.78 is 3.19. The van der Waals surface area contributed by atoms with E-state index >= 15 is 0 Å². The predicted molar refractivity (Wildman–Crippen MR) is 147 cm³/mol. The summed E-state index contributed by atoms with van der Waals surface area (Å²) in [5.41, 5.74) is 3.76. The third kappa shape index (κ3) is 4.47. The molecule has 1 aliphatic heterocycles. The number of aromatic hydroxyl groups is 1. The highest BCUT2D eigenvalue weighted by Crippen LogP contribution is 2.35. The first kappa shape index (κ1) is 22.9. The van der Waals surface area contributed by atoms with Crippen molar-refractivity contribution < 1.29 is 9.79 Å². The van der Waals surface area contributed by atoms with Gasteiger partial charge >= 0.3 is 11.3 Å². The number of hydrogen-bond acceptors (Lipinski definition) is 5. The van der Waals surface area contributed by atoms with Crippen LogP contribution < -0.4 is 15.6 Å². The van der Waals surface area contributed by atoms with Crippen molar-refractivity contribution in [3.05, 3.63) is 94.3 Å². The maximum atomic E-state index is 13.3. The largest absolute Gasteiger partial charge is 0.506 e. The number of aromatic nitrogens is 3. The minimum Gasteiger partial charge on any atom is -0.506 e. The lowest BCUT2D eigenvalue weighted by molar-refractivity contribution is -0.759. The molecule has 166 valence electrons. The highest BCUT2D eigenvalue weighted by Gasteiger charge is 2.38. The van der Waals surface area contributed by atoms with Gasteiger partial charge in [-0.1, -0.05) is 53.7 Å². The zero-order chi connectivity index (χ0) is 23.1. The normalized spacial score (nSPS) is 14.3. The summed E-state index contributed by atoms with van der Waals surface area (Å²) in [6.07, 6.45) is -0.417. The van der Waals surface area contributed by atoms with Crippen LogP contribution in [0, 0.1) is 7.14 Å². The summed E-state index contributed by atoms with van der Waals surface area (Å²) in [5.74, 6) is 0.822. The zero-order valence-corrected chi connectivity index (χ0v) is 22.7. The SMILES string of the molecule is O=c1[nH]c(SCc2ccccc2Cl)n[n+]2c1-c1ccccc1N[C@H]2c1cc(I)c(O)c(I)c1. The maximum Gasteiger partial charge on any atom is 0.325 e. The smallest absolute Gasteiger partial charge is 0.325 e. The Hall–Kier alpha value is -1.83. The van der Waals surface area contributed by atoms with Crippen LogP contribution in [0.2, 0.25) is 5.02 Å². The molecule has 33 heavy (non-hydrogen) atoms. The van der Waals surface area contributed by atoms with Crippen molar-refractivity contribution in [2.45, 2.75) is 17.1 Å². The lowest BCUT2D eigenvalue weighted by Gasteiger charge is -2.22. The lowest BCUT2D eigenvalue weighted by atomic mass is 10.0. The number of aromatic amines is 1. The van der Waals surface area contributed by atoms with E-state index in [9.17, 15) is 9.90 Å². The molecule has 0 amide bonds. The van der Waals surface area contributed by atoms with Gasteiger partial charge in [0.25, 0.3) is 6.17 Å². The minimum atomic E-state index is -0.417. The summed E-state index contributed by atoms with van der Waals surface area (Å²) >= 11 is 11.9. The third-order valence-corrected chi connectivity index (χ3v) is 8.19. The van der Waals surface area contributed by atoms with E-state index in [-0.39, 0.29) is 11.3 Å². The maximum absolute atomic E-state index is 13.3. The lowest BCUT2D eigenvalue weighted by Crippen LogP contribution is -2.55. The number of H-pyrrole nitrogens is 1. The van der Waals surface area contributed by atoms with Crippen LogP contribution in [0.15, 0.2) is 70.6 Å². The standard InChI is InChI=1S/C23H15ClI2N4O2S/c24-15-7-3-1-5-12(15)11-33-23-28-22(32)19-14-6-2-4-8-18(14)27-21(30(19)29-23)13-9-16(25)20(31)17(26)10-13/h1-10,21H,11H2,(H2,28,29,31,32)/p+1/t21-/m1/s1. The molecule has 4 aromatic rings. The number of nitrogens with zero attached hydrogens (tertiary/aromatic N) is 2. The second-order valence-electron chi connectivity index (χ2n) is 7.36. The van der Waals surface area contributed by atoms with Crippen molar-refractivity contribution in [1.82, 2.24) is 10.1 Å². The van der Waals surface area contributed by atoms with Crippen LogP contribution in [0.3, 0.4) is 0 Å². The van der Waals surface area contributed by atoms with Gasteiger partial charge in [0.05, 0.1) is 18.4 Å². The van der Waals surface area contributed by atoms with E-state index in [1.54, 1.807) is 4.68 Å². The van der Waals surface area contributed by atoms with E-state index in [0.717, 1.165) is 29.5 Å². The Morgan fingerprint density at radius 3 is 2.55 bits per heavy atom. The molecule has 5 rings (SSSR count). The van der Waals surface area contributed by atoms with Crippen molar-refractivity contribution in [2.24, 2.45) is 0 Å². The first-order chi connectivity index (χ1) is 15.9. The number of hydrogen-bond donors (Lipinski definition) is 3. The quantitative estimate of drug-likeness (QED) is 0.148. The van der Waals surface area contributed by atoms with Crippen LogP contribution >= 0.6 is 68.5 Å². The number of nitrogens with one attached hydrogen (secondary N) is 2. The summed E-state index contributed by atoms with van der Waals surface area (Å²) in [6.45, 7) is 0. The van der Waals surface area contributed by atoms with Crippen LogP contribution in [0.4, 0.5) is 5.69 Å². The van der Waals surface area contributed by atoms with Gasteiger partial charge in [-0.3, -0.25) is 9.78 Å². The minimum absolute atomic E-state index is 0.214. The first-order valence-corrected chi connectivity index (χ1v) is 13.4. The summed E-state index contributed by atoms with van der Waals surface area (Å²) in [6, 6.07) is 19.1. The molecule has 1 aliphatic rings. The molecule has 10 heteroatoms. The molecule has 1 atom stereocenters. The number of thioether (sulfide) groups is 1. The average molecular weight is 702 g/mol. The highest BCUT2D eigenvalue weighted by atomic mass is 127. The fourth-order valence-electron chi connectivity index (χ4n) is 3.68. The van der Waals surface area contributed by atoms with Gasteiger partial charge in [-0.05, 0) is 85.8 Å². The highest BCUT2D eigenvalue weighted by molar-refractivity contribution is 14.1. The van der Waals surface area contributed by atoms with Gasteiger partial charge < -0.3 is 10.4 Å². The van der Waals surface area contributed by atoms with E-state index in [1.165, 1.54) is 11.8 Å². The van der Waals surface area contributed by atoms with Crippen LogP contribution in [0.5, 0.6) is 5.75 Å². The molecule has 0 saturated heterocycles. The Kier molecular flexibility index (Phi) is 6.56. The number of phenolic OH excluding ortho intramolecular Hbond substituents is 1. The summed E-state index contributed by atoms with van der Waals surface area (Å²) in [5, 5.41) is 19.7. The Balaban J connectivity index is 1.62. The van der Waals surface area contributed by atoms with E-state index < -0.39 is 6.17 Å². The molecule has 0 saturated carbocycles. The van der Waals surface area contributed by atoms with Gasteiger partial charge in [0.2, 0.25) is 5.16 Å². The number of benzene rings is 3. The summed E-state index contributed by atoms with van der Waals surface area (Å²) in [4.78, 5) is 16.2. The molecule has 0 unspecified atom stereocenters. The molecule has 3 aromatic carbocycles. The van der Waals surface area contributed by atoms with Crippen LogP contribution in [-0.4, -0.2) is 15.2 Å². The molecule has 0 fully saturated rings. The van der Waals surface area contributed by atoms with Crippen LogP contribution in [-0.2, 0) is 5.75 Å². The molecule has 2 heterocycles. The second kappa shape index (κ2) is 9.43. The average Bonchev–Trinajstić information content (AvgIpc) is 2.81. The van der Waals surface area contributed by atoms with Crippen molar-refractivity contribution in [1.29, 1.82) is 0 Å². The zero-order valence-electron chi connectivity index (χ0n) is 16.8.